The van der Waals surface area contributed by atoms with Gasteiger partial charge in [0, 0.05) is 35.3 Å². The maximum absolute atomic E-state index is 13.1. The van der Waals surface area contributed by atoms with Gasteiger partial charge in [-0.25, -0.2) is 4.98 Å². The highest BCUT2D eigenvalue weighted by Crippen LogP contribution is 2.31. The number of rotatable bonds is 5. The molecule has 3 heterocycles. The maximum atomic E-state index is 13.1. The third-order valence-corrected chi connectivity index (χ3v) is 7.51. The van der Waals surface area contributed by atoms with Crippen LogP contribution in [0.2, 0.25) is 0 Å². The zero-order chi connectivity index (χ0) is 20.7. The predicted molar refractivity (Wildman–Crippen MR) is 122 cm³/mol. The van der Waals surface area contributed by atoms with Crippen molar-refractivity contribution in [2.45, 2.75) is 51.7 Å². The molecule has 152 valence electrons. The molecule has 0 bridgehead atoms. The topological polar surface area (TPSA) is 55.2 Å². The zero-order valence-corrected chi connectivity index (χ0v) is 18.8. The molecule has 3 aromatic rings. The molecule has 29 heavy (non-hydrogen) atoms. The van der Waals surface area contributed by atoms with Crippen molar-refractivity contribution in [3.05, 3.63) is 50.6 Å². The summed E-state index contributed by atoms with van der Waals surface area (Å²) in [5.74, 6) is 0.732. The quantitative estimate of drug-likeness (QED) is 0.436. The predicted octanol–water partition coefficient (Wildman–Crippen LogP) is 4.73. The van der Waals surface area contributed by atoms with E-state index in [1.54, 1.807) is 15.9 Å². The molecular formula is C22H25N3O2S2. The SMILES string of the molecule is Cc1sc2nc(SCCC(=O)N3CCc4ccccc43)n(C(C)C)c(=O)c2c1C. The van der Waals surface area contributed by atoms with Crippen LogP contribution in [0.3, 0.4) is 0 Å². The Balaban J connectivity index is 1.53. The van der Waals surface area contributed by atoms with Crippen molar-refractivity contribution in [3.8, 4) is 0 Å². The van der Waals surface area contributed by atoms with E-state index < -0.39 is 0 Å². The van der Waals surface area contributed by atoms with Crippen molar-refractivity contribution in [2.24, 2.45) is 0 Å². The molecule has 5 nitrogen and oxygen atoms in total. The zero-order valence-electron chi connectivity index (χ0n) is 17.2. The van der Waals surface area contributed by atoms with Crippen LogP contribution in [0.5, 0.6) is 0 Å². The van der Waals surface area contributed by atoms with Gasteiger partial charge in [0.25, 0.3) is 5.56 Å². The Morgan fingerprint density at radius 2 is 2.03 bits per heavy atom. The lowest BCUT2D eigenvalue weighted by Crippen LogP contribution is -2.29. The minimum atomic E-state index is 0.0164. The Kier molecular flexibility index (Phi) is 5.53. The number of benzene rings is 1. The second-order valence-corrected chi connectivity index (χ2v) is 9.91. The molecule has 0 atom stereocenters. The number of aryl methyl sites for hydroxylation is 2. The number of carbonyl (C=O) groups is 1. The van der Waals surface area contributed by atoms with Gasteiger partial charge in [-0.1, -0.05) is 30.0 Å². The number of aromatic nitrogens is 2. The number of fused-ring (bicyclic) bond motifs is 2. The number of amides is 1. The largest absolute Gasteiger partial charge is 0.312 e. The molecule has 4 rings (SSSR count). The summed E-state index contributed by atoms with van der Waals surface area (Å²) in [4.78, 5) is 34.5. The number of hydrogen-bond donors (Lipinski definition) is 0. The Morgan fingerprint density at radius 1 is 1.28 bits per heavy atom. The van der Waals surface area contributed by atoms with Gasteiger partial charge in [-0.05, 0) is 51.3 Å². The van der Waals surface area contributed by atoms with E-state index in [0.717, 1.165) is 39.3 Å². The van der Waals surface area contributed by atoms with Gasteiger partial charge in [0.2, 0.25) is 5.91 Å². The molecule has 0 spiro atoms. The summed E-state index contributed by atoms with van der Waals surface area (Å²) in [6.07, 6.45) is 1.34. The first kappa shape index (κ1) is 20.2. The molecule has 0 aliphatic carbocycles. The minimum absolute atomic E-state index is 0.0164. The van der Waals surface area contributed by atoms with Crippen LogP contribution in [0.1, 0.15) is 42.3 Å². The average Bonchev–Trinajstić information content (AvgIpc) is 3.23. The fourth-order valence-corrected chi connectivity index (χ4v) is 5.93. The Labute approximate surface area is 178 Å². The van der Waals surface area contributed by atoms with Gasteiger partial charge in [-0.2, -0.15) is 0 Å². The molecule has 0 saturated carbocycles. The van der Waals surface area contributed by atoms with Crippen LogP contribution in [0.15, 0.2) is 34.2 Å². The van der Waals surface area contributed by atoms with Crippen molar-refractivity contribution >= 4 is 44.9 Å². The van der Waals surface area contributed by atoms with E-state index >= 15 is 0 Å². The monoisotopic (exact) mass is 427 g/mol. The number of anilines is 1. The second kappa shape index (κ2) is 7.95. The lowest BCUT2D eigenvalue weighted by molar-refractivity contribution is -0.118. The van der Waals surface area contributed by atoms with Crippen molar-refractivity contribution < 1.29 is 4.79 Å². The van der Waals surface area contributed by atoms with Crippen LogP contribution in [-0.4, -0.2) is 27.8 Å². The summed E-state index contributed by atoms with van der Waals surface area (Å²) in [5, 5.41) is 1.43. The van der Waals surface area contributed by atoms with Crippen LogP contribution in [0, 0.1) is 13.8 Å². The van der Waals surface area contributed by atoms with E-state index in [4.69, 9.17) is 4.98 Å². The second-order valence-electron chi connectivity index (χ2n) is 7.65. The number of nitrogens with zero attached hydrogens (tertiary/aromatic N) is 3. The molecule has 0 N–H and O–H groups in total. The van der Waals surface area contributed by atoms with Gasteiger partial charge in [0.1, 0.15) is 4.83 Å². The van der Waals surface area contributed by atoms with E-state index in [2.05, 4.69) is 6.07 Å². The normalized spacial score (nSPS) is 13.5. The van der Waals surface area contributed by atoms with Crippen LogP contribution < -0.4 is 10.5 Å². The van der Waals surface area contributed by atoms with Crippen LogP contribution in [0.25, 0.3) is 10.2 Å². The fourth-order valence-electron chi connectivity index (χ4n) is 3.81. The molecule has 2 aromatic heterocycles. The summed E-state index contributed by atoms with van der Waals surface area (Å²) in [5.41, 5.74) is 3.31. The molecule has 1 aliphatic rings. The summed E-state index contributed by atoms with van der Waals surface area (Å²) < 4.78 is 1.77. The van der Waals surface area contributed by atoms with Gasteiger partial charge in [0.05, 0.1) is 5.39 Å². The first-order chi connectivity index (χ1) is 13.9. The van der Waals surface area contributed by atoms with Crippen LogP contribution in [0.4, 0.5) is 5.69 Å². The molecule has 1 aromatic carbocycles. The van der Waals surface area contributed by atoms with Crippen LogP contribution >= 0.6 is 23.1 Å². The molecule has 0 saturated heterocycles. The highest BCUT2D eigenvalue weighted by atomic mass is 32.2. The first-order valence-corrected chi connectivity index (χ1v) is 11.7. The van der Waals surface area contributed by atoms with Gasteiger partial charge in [0.15, 0.2) is 5.16 Å². The van der Waals surface area contributed by atoms with Crippen molar-refractivity contribution in [1.82, 2.24) is 9.55 Å². The third-order valence-electron chi connectivity index (χ3n) is 5.45. The van der Waals surface area contributed by atoms with Gasteiger partial charge < -0.3 is 4.90 Å². The van der Waals surface area contributed by atoms with E-state index in [1.807, 2.05) is 50.8 Å². The highest BCUT2D eigenvalue weighted by Gasteiger charge is 2.24. The van der Waals surface area contributed by atoms with E-state index in [0.29, 0.717) is 17.3 Å². The standard InChI is InChI=1S/C22H25N3O2S2/c1-13(2)25-21(27)19-14(3)15(4)29-20(19)23-22(25)28-12-10-18(26)24-11-9-16-7-5-6-8-17(16)24/h5-8,13H,9-12H2,1-4H3. The Morgan fingerprint density at radius 3 is 2.79 bits per heavy atom. The Hall–Kier alpha value is -2.12. The molecule has 7 heteroatoms. The molecule has 0 radical (unpaired) electrons. The number of hydrogen-bond acceptors (Lipinski definition) is 5. The minimum Gasteiger partial charge on any atom is -0.312 e. The van der Waals surface area contributed by atoms with Crippen molar-refractivity contribution in [2.75, 3.05) is 17.2 Å². The molecule has 0 unspecified atom stereocenters. The number of carbonyl (C=O) groups excluding carboxylic acids is 1. The lowest BCUT2D eigenvalue weighted by Gasteiger charge is -2.18. The van der Waals surface area contributed by atoms with Gasteiger partial charge in [-0.15, -0.1) is 11.3 Å². The van der Waals surface area contributed by atoms with Crippen molar-refractivity contribution in [3.63, 3.8) is 0 Å². The molecule has 0 fully saturated rings. The van der Waals surface area contributed by atoms with E-state index in [1.165, 1.54) is 17.3 Å². The smallest absolute Gasteiger partial charge is 0.263 e. The summed E-state index contributed by atoms with van der Waals surface area (Å²) in [6.45, 7) is 8.76. The van der Waals surface area contributed by atoms with Gasteiger partial charge >= 0.3 is 0 Å². The van der Waals surface area contributed by atoms with E-state index in [-0.39, 0.29) is 17.5 Å². The average molecular weight is 428 g/mol. The van der Waals surface area contributed by atoms with Crippen LogP contribution in [-0.2, 0) is 11.2 Å². The van der Waals surface area contributed by atoms with Crippen molar-refractivity contribution in [1.29, 1.82) is 0 Å². The Bertz CT molecular complexity index is 1150. The molecular weight excluding hydrogens is 402 g/mol. The highest BCUT2D eigenvalue weighted by molar-refractivity contribution is 7.99. The fraction of sp³-hybridized carbons (Fsp3) is 0.409. The number of para-hydroxylation sites is 1. The lowest BCUT2D eigenvalue weighted by atomic mass is 10.2. The summed E-state index contributed by atoms with van der Waals surface area (Å²) in [6, 6.07) is 8.11. The number of thioether (sulfide) groups is 1. The molecule has 1 aliphatic heterocycles. The van der Waals surface area contributed by atoms with E-state index in [9.17, 15) is 9.59 Å². The summed E-state index contributed by atoms with van der Waals surface area (Å²) in [7, 11) is 0. The molecule has 1 amide bonds. The van der Waals surface area contributed by atoms with Gasteiger partial charge in [-0.3, -0.25) is 14.2 Å². The maximum Gasteiger partial charge on any atom is 0.263 e. The summed E-state index contributed by atoms with van der Waals surface area (Å²) >= 11 is 3.07. The first-order valence-electron chi connectivity index (χ1n) is 9.91. The third kappa shape index (κ3) is 3.62. The number of thiophene rings is 1.